The summed E-state index contributed by atoms with van der Waals surface area (Å²) in [5.41, 5.74) is 3.56. The molecule has 0 saturated carbocycles. The number of hydrogen-bond donors (Lipinski definition) is 1. The topological polar surface area (TPSA) is 76.9 Å². The van der Waals surface area contributed by atoms with Gasteiger partial charge in [0.15, 0.2) is 16.8 Å². The molecule has 1 aromatic carbocycles. The summed E-state index contributed by atoms with van der Waals surface area (Å²) >= 11 is 3.03. The van der Waals surface area contributed by atoms with Gasteiger partial charge in [-0.3, -0.25) is 9.59 Å². The quantitative estimate of drug-likeness (QED) is 0.498. The van der Waals surface area contributed by atoms with Crippen molar-refractivity contribution >= 4 is 40.5 Å². The molecule has 8 heteroatoms. The number of benzene rings is 1. The van der Waals surface area contributed by atoms with Crippen LogP contribution in [0, 0.1) is 13.8 Å². The maximum Gasteiger partial charge on any atom is 0.234 e. The molecule has 1 N–H and O–H groups in total. The number of nitrogens with zero attached hydrogens (tertiary/aromatic N) is 3. The molecular formula is C19H20N4O2S2. The molecule has 6 nitrogen and oxygen atoms in total. The van der Waals surface area contributed by atoms with Gasteiger partial charge in [0.05, 0.1) is 5.75 Å². The van der Waals surface area contributed by atoms with Crippen LogP contribution in [-0.2, 0) is 11.8 Å². The first-order valence-electron chi connectivity index (χ1n) is 8.35. The Hall–Kier alpha value is -2.45. The van der Waals surface area contributed by atoms with Gasteiger partial charge >= 0.3 is 0 Å². The Bertz CT molecular complexity index is 990. The van der Waals surface area contributed by atoms with Gasteiger partial charge in [0.2, 0.25) is 5.91 Å². The van der Waals surface area contributed by atoms with E-state index in [2.05, 4.69) is 34.7 Å². The van der Waals surface area contributed by atoms with Gasteiger partial charge in [-0.15, -0.1) is 21.5 Å². The number of carbonyl (C=O) groups is 2. The Morgan fingerprint density at radius 3 is 2.48 bits per heavy atom. The van der Waals surface area contributed by atoms with E-state index < -0.39 is 0 Å². The average Bonchev–Trinajstić information content (AvgIpc) is 3.16. The first kappa shape index (κ1) is 19.3. The lowest BCUT2D eigenvalue weighted by Crippen LogP contribution is -2.14. The smallest absolute Gasteiger partial charge is 0.234 e. The Kier molecular flexibility index (Phi) is 5.76. The Morgan fingerprint density at radius 1 is 1.19 bits per heavy atom. The number of carbonyl (C=O) groups excluding carboxylic acids is 2. The molecule has 3 aromatic rings. The van der Waals surface area contributed by atoms with Gasteiger partial charge in [-0.25, -0.2) is 0 Å². The van der Waals surface area contributed by atoms with Crippen LogP contribution in [0.4, 0.5) is 5.69 Å². The Balaban J connectivity index is 1.62. The highest BCUT2D eigenvalue weighted by molar-refractivity contribution is 7.99. The maximum absolute atomic E-state index is 12.2. The fourth-order valence-electron chi connectivity index (χ4n) is 2.52. The molecule has 2 aromatic heterocycles. The number of nitrogens with one attached hydrogen (secondary N) is 1. The van der Waals surface area contributed by atoms with Crippen molar-refractivity contribution in [1.29, 1.82) is 0 Å². The van der Waals surface area contributed by atoms with E-state index in [-0.39, 0.29) is 17.4 Å². The average molecular weight is 401 g/mol. The molecule has 0 aliphatic rings. The molecule has 0 radical (unpaired) electrons. The zero-order valence-corrected chi connectivity index (χ0v) is 17.2. The molecule has 0 aliphatic carbocycles. The molecule has 3 rings (SSSR count). The van der Waals surface area contributed by atoms with Gasteiger partial charge < -0.3 is 9.88 Å². The van der Waals surface area contributed by atoms with Crippen LogP contribution in [-0.4, -0.2) is 32.2 Å². The zero-order valence-electron chi connectivity index (χ0n) is 15.6. The number of rotatable bonds is 6. The minimum absolute atomic E-state index is 0.00225. The fourth-order valence-corrected chi connectivity index (χ4v) is 4.10. The van der Waals surface area contributed by atoms with Crippen LogP contribution in [0.2, 0.25) is 0 Å². The largest absolute Gasteiger partial charge is 0.325 e. The SMILES string of the molecule is CC(=O)c1ccc(NC(=O)CSc2nnc(-c3csc(C)c3C)n2C)cc1. The van der Waals surface area contributed by atoms with Gasteiger partial charge in [0.1, 0.15) is 0 Å². The standard InChI is InChI=1S/C19H20N4O2S2/c1-11-13(3)26-9-16(11)18-21-22-19(23(18)4)27-10-17(25)20-15-7-5-14(6-8-15)12(2)24/h5-9H,10H2,1-4H3,(H,20,25). The first-order valence-corrected chi connectivity index (χ1v) is 10.2. The number of aryl methyl sites for hydroxylation is 1. The molecule has 0 unspecified atom stereocenters. The van der Waals surface area contributed by atoms with E-state index in [0.717, 1.165) is 11.4 Å². The van der Waals surface area contributed by atoms with Gasteiger partial charge in [-0.05, 0) is 50.6 Å². The number of aromatic nitrogens is 3. The number of hydrogen-bond acceptors (Lipinski definition) is 6. The van der Waals surface area contributed by atoms with Gasteiger partial charge in [-0.1, -0.05) is 11.8 Å². The number of ketones is 1. The van der Waals surface area contributed by atoms with E-state index in [1.807, 2.05) is 11.6 Å². The van der Waals surface area contributed by atoms with Crippen LogP contribution < -0.4 is 5.32 Å². The molecule has 0 atom stereocenters. The van der Waals surface area contributed by atoms with E-state index in [1.165, 1.54) is 29.1 Å². The summed E-state index contributed by atoms with van der Waals surface area (Å²) in [7, 11) is 1.91. The van der Waals surface area contributed by atoms with Crippen molar-refractivity contribution < 1.29 is 9.59 Å². The Labute approximate surface area is 166 Å². The second kappa shape index (κ2) is 8.06. The summed E-state index contributed by atoms with van der Waals surface area (Å²) in [5, 5.41) is 14.1. The molecular weight excluding hydrogens is 380 g/mol. The minimum Gasteiger partial charge on any atom is -0.325 e. The summed E-state index contributed by atoms with van der Waals surface area (Å²) in [6.45, 7) is 5.68. The van der Waals surface area contributed by atoms with Crippen LogP contribution in [0.15, 0.2) is 34.8 Å². The van der Waals surface area contributed by atoms with Gasteiger partial charge in [-0.2, -0.15) is 0 Å². The van der Waals surface area contributed by atoms with Gasteiger partial charge in [0, 0.05) is 34.1 Å². The number of Topliss-reactive ketones (excluding diaryl/α,β-unsaturated/α-hetero) is 1. The second-order valence-electron chi connectivity index (χ2n) is 6.17. The van der Waals surface area contributed by atoms with Crippen LogP contribution in [0.25, 0.3) is 11.4 Å². The van der Waals surface area contributed by atoms with E-state index in [4.69, 9.17) is 0 Å². The summed E-state index contributed by atoms with van der Waals surface area (Å²) in [5.74, 6) is 0.891. The third-order valence-electron chi connectivity index (χ3n) is 4.27. The van der Waals surface area contributed by atoms with Crippen molar-refractivity contribution in [3.8, 4) is 11.4 Å². The molecule has 27 heavy (non-hydrogen) atoms. The highest BCUT2D eigenvalue weighted by atomic mass is 32.2. The first-order chi connectivity index (χ1) is 12.9. The fraction of sp³-hybridized carbons (Fsp3) is 0.263. The highest BCUT2D eigenvalue weighted by Gasteiger charge is 2.16. The predicted octanol–water partition coefficient (Wildman–Crippen LogP) is 4.09. The number of anilines is 1. The van der Waals surface area contributed by atoms with Crippen molar-refractivity contribution in [3.63, 3.8) is 0 Å². The van der Waals surface area contributed by atoms with E-state index in [9.17, 15) is 9.59 Å². The lowest BCUT2D eigenvalue weighted by Gasteiger charge is -2.06. The number of amides is 1. The third kappa shape index (κ3) is 4.28. The molecule has 0 aliphatic heterocycles. The summed E-state index contributed by atoms with van der Waals surface area (Å²) < 4.78 is 1.91. The zero-order chi connectivity index (χ0) is 19.6. The van der Waals surface area contributed by atoms with Gasteiger partial charge in [0.25, 0.3) is 0 Å². The van der Waals surface area contributed by atoms with Crippen molar-refractivity contribution in [2.45, 2.75) is 25.9 Å². The second-order valence-corrected chi connectivity index (χ2v) is 8.19. The summed E-state index contributed by atoms with van der Waals surface area (Å²) in [6, 6.07) is 6.85. The van der Waals surface area contributed by atoms with Crippen molar-refractivity contribution in [2.24, 2.45) is 7.05 Å². The summed E-state index contributed by atoms with van der Waals surface area (Å²) in [4.78, 5) is 24.7. The maximum atomic E-state index is 12.2. The van der Waals surface area contributed by atoms with Crippen molar-refractivity contribution in [2.75, 3.05) is 11.1 Å². The Morgan fingerprint density at radius 2 is 1.89 bits per heavy atom. The molecule has 0 spiro atoms. The third-order valence-corrected chi connectivity index (χ3v) is 6.30. The van der Waals surface area contributed by atoms with Crippen molar-refractivity contribution in [3.05, 3.63) is 45.6 Å². The number of thiophene rings is 1. The minimum atomic E-state index is -0.136. The highest BCUT2D eigenvalue weighted by Crippen LogP contribution is 2.30. The molecule has 0 fully saturated rings. The van der Waals surface area contributed by atoms with Crippen LogP contribution in [0.1, 0.15) is 27.7 Å². The molecule has 140 valence electrons. The van der Waals surface area contributed by atoms with E-state index in [1.54, 1.807) is 35.6 Å². The summed E-state index contributed by atoms with van der Waals surface area (Å²) in [6.07, 6.45) is 0. The molecule has 1 amide bonds. The van der Waals surface area contributed by atoms with Crippen molar-refractivity contribution in [1.82, 2.24) is 14.8 Å². The van der Waals surface area contributed by atoms with Crippen LogP contribution in [0.3, 0.4) is 0 Å². The van der Waals surface area contributed by atoms with E-state index >= 15 is 0 Å². The lowest BCUT2D eigenvalue weighted by molar-refractivity contribution is -0.113. The van der Waals surface area contributed by atoms with Crippen LogP contribution >= 0.6 is 23.1 Å². The lowest BCUT2D eigenvalue weighted by atomic mass is 10.1. The van der Waals surface area contributed by atoms with E-state index in [0.29, 0.717) is 16.4 Å². The molecule has 0 saturated heterocycles. The normalized spacial score (nSPS) is 10.8. The van der Waals surface area contributed by atoms with Crippen LogP contribution in [0.5, 0.6) is 0 Å². The monoisotopic (exact) mass is 400 g/mol. The molecule has 2 heterocycles. The number of thioether (sulfide) groups is 1. The molecule has 0 bridgehead atoms. The predicted molar refractivity (Wildman–Crippen MR) is 110 cm³/mol.